The van der Waals surface area contributed by atoms with Crippen molar-refractivity contribution in [2.75, 3.05) is 33.3 Å². The topological polar surface area (TPSA) is 61.8 Å². The number of rotatable bonds is 2. The Balaban J connectivity index is 1.82. The van der Waals surface area contributed by atoms with Crippen LogP contribution in [0.25, 0.3) is 0 Å². The Labute approximate surface area is 124 Å². The van der Waals surface area contributed by atoms with Gasteiger partial charge >= 0.3 is 0 Å². The van der Waals surface area contributed by atoms with Crippen LogP contribution in [0.15, 0.2) is 18.2 Å². The molecule has 5 nitrogen and oxygen atoms in total. The maximum atomic E-state index is 12.7. The molecule has 2 aliphatic rings. The molecule has 1 aromatic rings. The van der Waals surface area contributed by atoms with E-state index in [0.29, 0.717) is 11.3 Å². The molecule has 0 aromatic heterocycles. The predicted molar refractivity (Wildman–Crippen MR) is 79.7 cm³/mol. The molecule has 2 N–H and O–H groups in total. The lowest BCUT2D eigenvalue weighted by Gasteiger charge is -2.40. The number of piperidine rings is 1. The summed E-state index contributed by atoms with van der Waals surface area (Å²) in [7, 11) is 1.49. The fourth-order valence-corrected chi connectivity index (χ4v) is 3.56. The monoisotopic (exact) mass is 290 g/mol. The van der Waals surface area contributed by atoms with Crippen LogP contribution in [0.4, 0.5) is 0 Å². The second-order valence-electron chi connectivity index (χ2n) is 6.11. The fourth-order valence-electron chi connectivity index (χ4n) is 3.56. The minimum atomic E-state index is -0.0997. The molecule has 1 spiro atoms. The van der Waals surface area contributed by atoms with Crippen LogP contribution in [0.5, 0.6) is 11.5 Å². The highest BCUT2D eigenvalue weighted by atomic mass is 16.5. The summed E-state index contributed by atoms with van der Waals surface area (Å²) < 4.78 is 5.09. The molecule has 114 valence electrons. The summed E-state index contributed by atoms with van der Waals surface area (Å²) in [5.74, 6) is 0.182. The number of methoxy groups -OCH3 is 1. The van der Waals surface area contributed by atoms with Crippen molar-refractivity contribution in [3.05, 3.63) is 23.8 Å². The van der Waals surface area contributed by atoms with E-state index in [0.717, 1.165) is 39.0 Å². The third kappa shape index (κ3) is 2.58. The van der Waals surface area contributed by atoms with E-state index in [2.05, 4.69) is 5.32 Å². The zero-order valence-electron chi connectivity index (χ0n) is 12.4. The lowest BCUT2D eigenvalue weighted by atomic mass is 9.79. The van der Waals surface area contributed by atoms with Crippen molar-refractivity contribution in [1.29, 1.82) is 0 Å². The molecule has 0 aliphatic carbocycles. The summed E-state index contributed by atoms with van der Waals surface area (Å²) in [6.07, 6.45) is 3.33. The van der Waals surface area contributed by atoms with Crippen molar-refractivity contribution >= 4 is 5.91 Å². The van der Waals surface area contributed by atoms with E-state index in [9.17, 15) is 9.90 Å². The summed E-state index contributed by atoms with van der Waals surface area (Å²) in [6, 6.07) is 5.06. The van der Waals surface area contributed by atoms with E-state index in [4.69, 9.17) is 4.74 Å². The Kier molecular flexibility index (Phi) is 3.76. The Hall–Kier alpha value is -1.75. The molecule has 2 saturated heterocycles. The first kappa shape index (κ1) is 14.2. The molecule has 2 aliphatic heterocycles. The number of likely N-dealkylation sites (tertiary alicyclic amines) is 1. The second kappa shape index (κ2) is 5.56. The van der Waals surface area contributed by atoms with E-state index >= 15 is 0 Å². The van der Waals surface area contributed by atoms with Gasteiger partial charge in [-0.25, -0.2) is 0 Å². The second-order valence-corrected chi connectivity index (χ2v) is 6.11. The molecule has 5 heteroatoms. The molecule has 0 saturated carbocycles. The van der Waals surface area contributed by atoms with Gasteiger partial charge in [-0.2, -0.15) is 0 Å². The lowest BCUT2D eigenvalue weighted by molar-refractivity contribution is 0.0550. The van der Waals surface area contributed by atoms with Gasteiger partial charge in [0, 0.05) is 25.0 Å². The molecule has 21 heavy (non-hydrogen) atoms. The molecule has 1 atom stereocenters. The Morgan fingerprint density at radius 3 is 3.00 bits per heavy atom. The van der Waals surface area contributed by atoms with Crippen LogP contribution in [0, 0.1) is 5.41 Å². The predicted octanol–water partition coefficient (Wildman–Crippen LogP) is 1.62. The van der Waals surface area contributed by atoms with Crippen molar-refractivity contribution < 1.29 is 14.6 Å². The summed E-state index contributed by atoms with van der Waals surface area (Å²) >= 11 is 0. The number of benzene rings is 1. The number of phenolic OH excluding ortho intramolecular Hbond substituents is 1. The van der Waals surface area contributed by atoms with Gasteiger partial charge < -0.3 is 20.1 Å². The number of phenols is 1. The minimum absolute atomic E-state index is 0.0610. The van der Waals surface area contributed by atoms with E-state index in [1.54, 1.807) is 18.2 Å². The van der Waals surface area contributed by atoms with Gasteiger partial charge in [0.2, 0.25) is 0 Å². The number of para-hydroxylation sites is 1. The number of carbonyl (C=O) groups is 1. The largest absolute Gasteiger partial charge is 0.504 e. The van der Waals surface area contributed by atoms with E-state index in [1.165, 1.54) is 13.5 Å². The highest BCUT2D eigenvalue weighted by Crippen LogP contribution is 2.37. The average molecular weight is 290 g/mol. The first-order valence-corrected chi connectivity index (χ1v) is 7.51. The number of nitrogens with zero attached hydrogens (tertiary/aromatic N) is 1. The van der Waals surface area contributed by atoms with Crippen LogP contribution in [-0.2, 0) is 0 Å². The maximum Gasteiger partial charge on any atom is 0.257 e. The smallest absolute Gasteiger partial charge is 0.257 e. The Morgan fingerprint density at radius 1 is 1.43 bits per heavy atom. The van der Waals surface area contributed by atoms with Crippen molar-refractivity contribution in [3.63, 3.8) is 0 Å². The van der Waals surface area contributed by atoms with Crippen molar-refractivity contribution in [3.8, 4) is 11.5 Å². The molecule has 2 heterocycles. The molecule has 0 radical (unpaired) electrons. The van der Waals surface area contributed by atoms with Crippen LogP contribution in [-0.4, -0.2) is 49.2 Å². The normalized spacial score (nSPS) is 25.3. The van der Waals surface area contributed by atoms with Gasteiger partial charge in [0.05, 0.1) is 12.7 Å². The summed E-state index contributed by atoms with van der Waals surface area (Å²) in [5, 5.41) is 13.6. The minimum Gasteiger partial charge on any atom is -0.504 e. The van der Waals surface area contributed by atoms with E-state index in [1.807, 2.05) is 4.90 Å². The molecule has 0 unspecified atom stereocenters. The van der Waals surface area contributed by atoms with Gasteiger partial charge in [-0.15, -0.1) is 0 Å². The third-order valence-electron chi connectivity index (χ3n) is 4.73. The van der Waals surface area contributed by atoms with E-state index in [-0.39, 0.29) is 17.1 Å². The quantitative estimate of drug-likeness (QED) is 0.869. The van der Waals surface area contributed by atoms with E-state index < -0.39 is 0 Å². The van der Waals surface area contributed by atoms with Gasteiger partial charge in [-0.05, 0) is 37.9 Å². The van der Waals surface area contributed by atoms with Gasteiger partial charge in [-0.1, -0.05) is 6.07 Å². The number of ether oxygens (including phenoxy) is 1. The van der Waals surface area contributed by atoms with Crippen LogP contribution in [0.2, 0.25) is 0 Å². The first-order valence-electron chi connectivity index (χ1n) is 7.51. The average Bonchev–Trinajstić information content (AvgIpc) is 2.94. The number of amides is 1. The first-order chi connectivity index (χ1) is 10.2. The maximum absolute atomic E-state index is 12.7. The van der Waals surface area contributed by atoms with Crippen LogP contribution < -0.4 is 10.1 Å². The summed E-state index contributed by atoms with van der Waals surface area (Å²) in [4.78, 5) is 14.6. The van der Waals surface area contributed by atoms with Crippen molar-refractivity contribution in [2.24, 2.45) is 5.41 Å². The third-order valence-corrected chi connectivity index (χ3v) is 4.73. The Morgan fingerprint density at radius 2 is 2.29 bits per heavy atom. The highest BCUT2D eigenvalue weighted by Gasteiger charge is 2.39. The zero-order valence-corrected chi connectivity index (χ0v) is 12.4. The van der Waals surface area contributed by atoms with Crippen LogP contribution in [0.1, 0.15) is 29.6 Å². The SMILES string of the molecule is COc1cccc(C(=O)N2CCC[C@]3(CCNC3)C2)c1O. The number of aromatic hydroxyl groups is 1. The molecular formula is C16H22N2O3. The Bertz CT molecular complexity index is 538. The zero-order chi connectivity index (χ0) is 14.9. The number of hydrogen-bond donors (Lipinski definition) is 2. The standard InChI is InChI=1S/C16H22N2O3/c1-21-13-5-2-4-12(14(13)19)15(20)18-9-3-6-16(11-18)7-8-17-10-16/h2,4-5,17,19H,3,6-11H2,1H3/t16-/m1/s1. The molecular weight excluding hydrogens is 268 g/mol. The molecule has 3 rings (SSSR count). The van der Waals surface area contributed by atoms with Crippen molar-refractivity contribution in [2.45, 2.75) is 19.3 Å². The summed E-state index contributed by atoms with van der Waals surface area (Å²) in [5.41, 5.74) is 0.555. The molecule has 1 amide bonds. The van der Waals surface area contributed by atoms with Crippen LogP contribution >= 0.6 is 0 Å². The molecule has 2 fully saturated rings. The summed E-state index contributed by atoms with van der Waals surface area (Å²) in [6.45, 7) is 3.56. The van der Waals surface area contributed by atoms with Gasteiger partial charge in [0.1, 0.15) is 0 Å². The number of hydrogen-bond acceptors (Lipinski definition) is 4. The van der Waals surface area contributed by atoms with Crippen LogP contribution in [0.3, 0.4) is 0 Å². The van der Waals surface area contributed by atoms with Gasteiger partial charge in [0.25, 0.3) is 5.91 Å². The molecule has 1 aromatic carbocycles. The number of nitrogens with one attached hydrogen (secondary N) is 1. The van der Waals surface area contributed by atoms with Gasteiger partial charge in [0.15, 0.2) is 11.5 Å². The van der Waals surface area contributed by atoms with Crippen molar-refractivity contribution in [1.82, 2.24) is 10.2 Å². The number of carbonyl (C=O) groups excluding carboxylic acids is 1. The molecule has 0 bridgehead atoms. The fraction of sp³-hybridized carbons (Fsp3) is 0.562. The lowest BCUT2D eigenvalue weighted by Crippen LogP contribution is -2.47. The highest BCUT2D eigenvalue weighted by molar-refractivity contribution is 5.97. The van der Waals surface area contributed by atoms with Gasteiger partial charge in [-0.3, -0.25) is 4.79 Å².